The molecule has 0 radical (unpaired) electrons. The summed E-state index contributed by atoms with van der Waals surface area (Å²) in [6, 6.07) is 30.1. The smallest absolute Gasteiger partial charge is 0.408 e. The van der Waals surface area contributed by atoms with E-state index in [-0.39, 0.29) is 54.7 Å². The Morgan fingerprint density at radius 3 is 1.80 bits per heavy atom. The van der Waals surface area contributed by atoms with Gasteiger partial charge in [-0.25, -0.2) is 13.2 Å². The quantitative estimate of drug-likeness (QED) is 0.239. The number of nitrogens with zero attached hydrogens (tertiary/aromatic N) is 2. The van der Waals surface area contributed by atoms with E-state index in [1.54, 1.807) is 60.7 Å². The Labute approximate surface area is 268 Å². The van der Waals surface area contributed by atoms with E-state index in [0.29, 0.717) is 5.56 Å². The third-order valence-corrected chi connectivity index (χ3v) is 10.5. The van der Waals surface area contributed by atoms with E-state index in [4.69, 9.17) is 8.92 Å². The molecule has 0 aliphatic carbocycles. The number of hydrogen-bond donors (Lipinski definition) is 1. The number of nitrogens with one attached hydrogen (secondary N) is 1. The second kappa shape index (κ2) is 14.6. The van der Waals surface area contributed by atoms with Crippen LogP contribution in [0.3, 0.4) is 0 Å². The van der Waals surface area contributed by atoms with E-state index < -0.39 is 38.2 Å². The first-order valence-corrected chi connectivity index (χ1v) is 17.4. The average Bonchev–Trinajstić information content (AvgIpc) is 3.09. The highest BCUT2D eigenvalue weighted by Gasteiger charge is 2.33. The van der Waals surface area contributed by atoms with Crippen molar-refractivity contribution in [2.24, 2.45) is 0 Å². The van der Waals surface area contributed by atoms with Gasteiger partial charge in [0, 0.05) is 32.6 Å². The van der Waals surface area contributed by atoms with Gasteiger partial charge in [0.1, 0.15) is 23.3 Å². The van der Waals surface area contributed by atoms with Crippen LogP contribution in [0.25, 0.3) is 0 Å². The van der Waals surface area contributed by atoms with Crippen LogP contribution in [0.5, 0.6) is 5.75 Å². The fourth-order valence-electron chi connectivity index (χ4n) is 4.90. The van der Waals surface area contributed by atoms with Gasteiger partial charge in [0.15, 0.2) is 0 Å². The monoisotopic (exact) mass is 663 g/mol. The van der Waals surface area contributed by atoms with Crippen LogP contribution in [-0.4, -0.2) is 70.3 Å². The predicted molar refractivity (Wildman–Crippen MR) is 170 cm³/mol. The van der Waals surface area contributed by atoms with Crippen molar-refractivity contribution in [3.05, 3.63) is 126 Å². The lowest BCUT2D eigenvalue weighted by atomic mass is 10.0. The molecule has 0 aromatic heterocycles. The van der Waals surface area contributed by atoms with Crippen molar-refractivity contribution in [2.75, 3.05) is 26.2 Å². The first-order valence-electron chi connectivity index (χ1n) is 14.5. The zero-order chi connectivity index (χ0) is 32.6. The van der Waals surface area contributed by atoms with Crippen molar-refractivity contribution in [2.45, 2.75) is 28.9 Å². The Balaban J connectivity index is 1.27. The van der Waals surface area contributed by atoms with Gasteiger partial charge >= 0.3 is 16.2 Å². The molecular weight excluding hydrogens is 631 g/mol. The van der Waals surface area contributed by atoms with Crippen LogP contribution in [-0.2, 0) is 42.7 Å². The van der Waals surface area contributed by atoms with Gasteiger partial charge in [0.05, 0.1) is 4.90 Å². The van der Waals surface area contributed by atoms with E-state index >= 15 is 0 Å². The number of ether oxygens (including phenoxy) is 1. The maximum Gasteiger partial charge on any atom is 0.408 e. The average molecular weight is 664 g/mol. The Morgan fingerprint density at radius 2 is 1.22 bits per heavy atom. The number of sulfonamides is 1. The van der Waals surface area contributed by atoms with Gasteiger partial charge in [-0.15, -0.1) is 0 Å². The molecule has 13 heteroatoms. The standard InChI is InChI=1S/C33H33N3O8S2/c37-32(35-20-22-36(23-21-35)45(39,40)29-12-6-2-7-13-29)31(34-33(38)43-25-27-10-4-1-5-11-27)24-26-16-18-28(19-17-26)44-46(41,42)30-14-8-3-9-15-30/h1-19,31H,20-25H2,(H,34,38)/t31-/m0/s1. The van der Waals surface area contributed by atoms with Crippen molar-refractivity contribution in [1.82, 2.24) is 14.5 Å². The molecule has 11 nitrogen and oxygen atoms in total. The molecule has 1 fully saturated rings. The molecule has 4 aromatic carbocycles. The van der Waals surface area contributed by atoms with Gasteiger partial charge in [-0.3, -0.25) is 4.79 Å². The number of amides is 2. The summed E-state index contributed by atoms with van der Waals surface area (Å²) in [6.45, 7) is 0.455. The van der Waals surface area contributed by atoms with Crippen molar-refractivity contribution < 1.29 is 35.3 Å². The molecule has 4 aromatic rings. The van der Waals surface area contributed by atoms with Gasteiger partial charge < -0.3 is 19.1 Å². The molecule has 0 spiro atoms. The minimum atomic E-state index is -4.04. The maximum atomic E-state index is 13.7. The van der Waals surface area contributed by atoms with Crippen LogP contribution in [0.1, 0.15) is 11.1 Å². The summed E-state index contributed by atoms with van der Waals surface area (Å²) in [5, 5.41) is 2.66. The molecule has 0 saturated carbocycles. The van der Waals surface area contributed by atoms with Crippen molar-refractivity contribution >= 4 is 32.1 Å². The number of piperazine rings is 1. The zero-order valence-electron chi connectivity index (χ0n) is 24.8. The number of benzene rings is 4. The lowest BCUT2D eigenvalue weighted by Crippen LogP contribution is -2.56. The maximum absolute atomic E-state index is 13.7. The van der Waals surface area contributed by atoms with Crippen LogP contribution in [0.2, 0.25) is 0 Å². The molecule has 1 aliphatic rings. The lowest BCUT2D eigenvalue weighted by molar-refractivity contribution is -0.134. The lowest BCUT2D eigenvalue weighted by Gasteiger charge is -2.35. The van der Waals surface area contributed by atoms with E-state index in [2.05, 4.69) is 5.32 Å². The number of carbonyl (C=O) groups is 2. The largest absolute Gasteiger partial charge is 0.445 e. The highest BCUT2D eigenvalue weighted by Crippen LogP contribution is 2.21. The molecule has 0 unspecified atom stereocenters. The van der Waals surface area contributed by atoms with Gasteiger partial charge in [-0.1, -0.05) is 78.9 Å². The molecule has 0 bridgehead atoms. The Hall–Kier alpha value is -4.72. The highest BCUT2D eigenvalue weighted by atomic mass is 32.2. The molecule has 5 rings (SSSR count). The molecule has 46 heavy (non-hydrogen) atoms. The summed E-state index contributed by atoms with van der Waals surface area (Å²) in [5.74, 6) is -0.318. The number of rotatable bonds is 11. The van der Waals surface area contributed by atoms with Crippen LogP contribution in [0, 0.1) is 0 Å². The first kappa shape index (κ1) is 32.7. The van der Waals surface area contributed by atoms with Crippen LogP contribution < -0.4 is 9.50 Å². The minimum Gasteiger partial charge on any atom is -0.445 e. The molecule has 1 N–H and O–H groups in total. The SMILES string of the molecule is O=C(N[C@@H](Cc1ccc(OS(=O)(=O)c2ccccc2)cc1)C(=O)N1CCN(S(=O)(=O)c2ccccc2)CC1)OCc1ccccc1. The molecule has 2 amide bonds. The summed E-state index contributed by atoms with van der Waals surface area (Å²) in [5.41, 5.74) is 1.40. The summed E-state index contributed by atoms with van der Waals surface area (Å²) in [6.07, 6.45) is -0.727. The molecule has 1 atom stereocenters. The van der Waals surface area contributed by atoms with E-state index in [1.807, 2.05) is 18.2 Å². The number of alkyl carbamates (subject to hydrolysis) is 1. The molecule has 1 aliphatic heterocycles. The Morgan fingerprint density at radius 1 is 0.674 bits per heavy atom. The van der Waals surface area contributed by atoms with Crippen molar-refractivity contribution in [3.63, 3.8) is 0 Å². The second-order valence-corrected chi connectivity index (χ2v) is 14.0. The van der Waals surface area contributed by atoms with Gasteiger partial charge in [-0.2, -0.15) is 12.7 Å². The minimum absolute atomic E-state index is 0.00548. The summed E-state index contributed by atoms with van der Waals surface area (Å²) < 4.78 is 63.3. The predicted octanol–water partition coefficient (Wildman–Crippen LogP) is 3.82. The van der Waals surface area contributed by atoms with Gasteiger partial charge in [0.2, 0.25) is 15.9 Å². The van der Waals surface area contributed by atoms with Crippen LogP contribution >= 0.6 is 0 Å². The third kappa shape index (κ3) is 8.30. The van der Waals surface area contributed by atoms with E-state index in [0.717, 1.165) is 5.56 Å². The summed E-state index contributed by atoms with van der Waals surface area (Å²) >= 11 is 0. The van der Waals surface area contributed by atoms with Crippen LogP contribution in [0.4, 0.5) is 4.79 Å². The fraction of sp³-hybridized carbons (Fsp3) is 0.212. The van der Waals surface area contributed by atoms with Gasteiger partial charge in [0.25, 0.3) is 0 Å². The topological polar surface area (TPSA) is 139 Å². The molecule has 240 valence electrons. The Bertz CT molecular complexity index is 1830. The molecule has 1 saturated heterocycles. The van der Waals surface area contributed by atoms with E-state index in [9.17, 15) is 26.4 Å². The first-order chi connectivity index (χ1) is 22.1. The molecule has 1 heterocycles. The summed E-state index contributed by atoms with van der Waals surface area (Å²) in [7, 11) is -7.75. The van der Waals surface area contributed by atoms with Crippen LogP contribution in [0.15, 0.2) is 125 Å². The highest BCUT2D eigenvalue weighted by molar-refractivity contribution is 7.89. The third-order valence-electron chi connectivity index (χ3n) is 7.34. The number of hydrogen-bond acceptors (Lipinski definition) is 8. The fourth-order valence-corrected chi connectivity index (χ4v) is 7.29. The van der Waals surface area contributed by atoms with Crippen molar-refractivity contribution in [3.8, 4) is 5.75 Å². The number of carbonyl (C=O) groups excluding carboxylic acids is 2. The van der Waals surface area contributed by atoms with Gasteiger partial charge in [-0.05, 0) is 47.5 Å². The normalized spacial score (nSPS) is 14.7. The molecular formula is C33H33N3O8S2. The Kier molecular flexibility index (Phi) is 10.4. The second-order valence-electron chi connectivity index (χ2n) is 10.5. The summed E-state index contributed by atoms with van der Waals surface area (Å²) in [4.78, 5) is 28.3. The van der Waals surface area contributed by atoms with E-state index in [1.165, 1.54) is 45.6 Å². The zero-order valence-corrected chi connectivity index (χ0v) is 26.4. The van der Waals surface area contributed by atoms with Crippen molar-refractivity contribution in [1.29, 1.82) is 0 Å².